The Labute approximate surface area is 183 Å². The van der Waals surface area contributed by atoms with E-state index in [1.165, 1.54) is 12.4 Å². The lowest BCUT2D eigenvalue weighted by Gasteiger charge is -2.11. The fourth-order valence-corrected chi connectivity index (χ4v) is 3.01. The van der Waals surface area contributed by atoms with Gasteiger partial charge in [-0.15, -0.1) is 0 Å². The lowest BCUT2D eigenvalue weighted by molar-refractivity contribution is -0.383. The van der Waals surface area contributed by atoms with E-state index in [4.69, 9.17) is 27.9 Å². The standard InChI is InChI=1S/C20H19Cl2N5O3/c1-2-3-10-30-15-7-5-14(6-8-15)25-19-18(27(28)29)20(24-12-23-19)26-17-9-4-13(21)11-16(17)22/h4-9,11-12H,2-3,10H2,1H3,(H2,23,24,25,26). The van der Waals surface area contributed by atoms with Crippen LogP contribution in [-0.4, -0.2) is 21.5 Å². The van der Waals surface area contributed by atoms with Crippen molar-refractivity contribution >= 4 is 51.9 Å². The van der Waals surface area contributed by atoms with Crippen LogP contribution in [0.4, 0.5) is 28.7 Å². The zero-order valence-corrected chi connectivity index (χ0v) is 17.6. The highest BCUT2D eigenvalue weighted by atomic mass is 35.5. The summed E-state index contributed by atoms with van der Waals surface area (Å²) in [6, 6.07) is 11.9. The van der Waals surface area contributed by atoms with E-state index in [2.05, 4.69) is 27.5 Å². The molecule has 156 valence electrons. The molecule has 8 nitrogen and oxygen atoms in total. The molecule has 0 unspecified atom stereocenters. The molecule has 10 heteroatoms. The number of aromatic nitrogens is 2. The number of nitrogens with one attached hydrogen (secondary N) is 2. The van der Waals surface area contributed by atoms with Gasteiger partial charge in [-0.25, -0.2) is 9.97 Å². The number of anilines is 4. The van der Waals surface area contributed by atoms with Crippen LogP contribution in [0.3, 0.4) is 0 Å². The molecule has 0 atom stereocenters. The number of nitrogens with zero attached hydrogens (tertiary/aromatic N) is 3. The van der Waals surface area contributed by atoms with Gasteiger partial charge in [0.2, 0.25) is 11.6 Å². The molecule has 2 N–H and O–H groups in total. The largest absolute Gasteiger partial charge is 0.494 e. The Bertz CT molecular complexity index is 1030. The lowest BCUT2D eigenvalue weighted by Crippen LogP contribution is -2.05. The van der Waals surface area contributed by atoms with Crippen LogP contribution < -0.4 is 15.4 Å². The van der Waals surface area contributed by atoms with Crippen molar-refractivity contribution in [3.63, 3.8) is 0 Å². The minimum Gasteiger partial charge on any atom is -0.494 e. The van der Waals surface area contributed by atoms with Crippen LogP contribution >= 0.6 is 23.2 Å². The summed E-state index contributed by atoms with van der Waals surface area (Å²) in [6.07, 6.45) is 3.25. The summed E-state index contributed by atoms with van der Waals surface area (Å²) in [6.45, 7) is 2.73. The summed E-state index contributed by atoms with van der Waals surface area (Å²) < 4.78 is 5.63. The maximum atomic E-state index is 11.7. The fraction of sp³-hybridized carbons (Fsp3) is 0.200. The highest BCUT2D eigenvalue weighted by molar-refractivity contribution is 6.36. The molecular weight excluding hydrogens is 429 g/mol. The Balaban J connectivity index is 1.83. The minimum atomic E-state index is -0.559. The van der Waals surface area contributed by atoms with Crippen LogP contribution in [0.2, 0.25) is 10.0 Å². The van der Waals surface area contributed by atoms with Crippen LogP contribution in [-0.2, 0) is 0 Å². The molecule has 2 aromatic carbocycles. The second kappa shape index (κ2) is 10.1. The van der Waals surface area contributed by atoms with Gasteiger partial charge < -0.3 is 15.4 Å². The van der Waals surface area contributed by atoms with Gasteiger partial charge >= 0.3 is 5.69 Å². The molecule has 0 fully saturated rings. The van der Waals surface area contributed by atoms with E-state index in [1.807, 2.05) is 0 Å². The summed E-state index contributed by atoms with van der Waals surface area (Å²) in [5.41, 5.74) is 0.740. The summed E-state index contributed by atoms with van der Waals surface area (Å²) in [5, 5.41) is 18.3. The molecule has 3 rings (SSSR count). The highest BCUT2D eigenvalue weighted by Gasteiger charge is 2.24. The second-order valence-electron chi connectivity index (χ2n) is 6.28. The first-order valence-electron chi connectivity index (χ1n) is 9.19. The van der Waals surface area contributed by atoms with Gasteiger partial charge in [-0.1, -0.05) is 36.5 Å². The van der Waals surface area contributed by atoms with Gasteiger partial charge in [0.05, 0.1) is 22.2 Å². The summed E-state index contributed by atoms with van der Waals surface area (Å²) in [4.78, 5) is 19.2. The van der Waals surface area contributed by atoms with Crippen molar-refractivity contribution in [1.29, 1.82) is 0 Å². The maximum Gasteiger partial charge on any atom is 0.353 e. The molecule has 0 aliphatic carbocycles. The molecule has 0 aliphatic rings. The van der Waals surface area contributed by atoms with Gasteiger partial charge in [0.25, 0.3) is 0 Å². The van der Waals surface area contributed by atoms with E-state index in [1.54, 1.807) is 36.4 Å². The second-order valence-corrected chi connectivity index (χ2v) is 7.12. The van der Waals surface area contributed by atoms with Crippen LogP contribution in [0.1, 0.15) is 19.8 Å². The van der Waals surface area contributed by atoms with Gasteiger partial charge in [0, 0.05) is 10.7 Å². The molecule has 0 amide bonds. The van der Waals surface area contributed by atoms with Gasteiger partial charge in [-0.05, 0) is 48.9 Å². The average Bonchev–Trinajstić information content (AvgIpc) is 2.71. The summed E-state index contributed by atoms with van der Waals surface area (Å²) in [7, 11) is 0. The van der Waals surface area contributed by atoms with E-state index in [-0.39, 0.29) is 17.3 Å². The maximum absolute atomic E-state index is 11.7. The Morgan fingerprint density at radius 3 is 2.40 bits per heavy atom. The van der Waals surface area contributed by atoms with E-state index >= 15 is 0 Å². The van der Waals surface area contributed by atoms with Crippen molar-refractivity contribution < 1.29 is 9.66 Å². The van der Waals surface area contributed by atoms with Gasteiger partial charge in [0.1, 0.15) is 12.1 Å². The third kappa shape index (κ3) is 5.49. The molecule has 0 radical (unpaired) electrons. The Kier molecular flexibility index (Phi) is 7.26. The van der Waals surface area contributed by atoms with Gasteiger partial charge in [-0.3, -0.25) is 10.1 Å². The van der Waals surface area contributed by atoms with Gasteiger partial charge in [0.15, 0.2) is 0 Å². The molecule has 30 heavy (non-hydrogen) atoms. The number of ether oxygens (including phenoxy) is 1. The molecule has 0 aliphatic heterocycles. The minimum absolute atomic E-state index is 0.00115. The van der Waals surface area contributed by atoms with E-state index < -0.39 is 4.92 Å². The van der Waals surface area contributed by atoms with Crippen molar-refractivity contribution in [1.82, 2.24) is 9.97 Å². The van der Waals surface area contributed by atoms with Crippen molar-refractivity contribution in [3.8, 4) is 5.75 Å². The predicted octanol–water partition coefficient (Wildman–Crippen LogP) is 6.36. The Morgan fingerprint density at radius 1 is 1.07 bits per heavy atom. The van der Waals surface area contributed by atoms with E-state index in [0.717, 1.165) is 18.6 Å². The number of rotatable bonds is 9. The highest BCUT2D eigenvalue weighted by Crippen LogP contribution is 2.35. The first kappa shape index (κ1) is 21.6. The average molecular weight is 448 g/mol. The number of unbranched alkanes of at least 4 members (excludes halogenated alkanes) is 1. The quantitative estimate of drug-likeness (QED) is 0.223. The summed E-state index contributed by atoms with van der Waals surface area (Å²) in [5.74, 6) is 0.773. The molecule has 1 aromatic heterocycles. The monoisotopic (exact) mass is 447 g/mol. The van der Waals surface area contributed by atoms with Crippen LogP contribution in [0.25, 0.3) is 0 Å². The van der Waals surface area contributed by atoms with Crippen LogP contribution in [0.5, 0.6) is 5.75 Å². The fourth-order valence-electron chi connectivity index (χ4n) is 2.56. The normalized spacial score (nSPS) is 10.5. The summed E-state index contributed by atoms with van der Waals surface area (Å²) >= 11 is 12.1. The zero-order chi connectivity index (χ0) is 21.5. The predicted molar refractivity (Wildman–Crippen MR) is 119 cm³/mol. The number of nitro groups is 1. The zero-order valence-electron chi connectivity index (χ0n) is 16.1. The van der Waals surface area contributed by atoms with Crippen LogP contribution in [0.15, 0.2) is 48.8 Å². The molecule has 0 bridgehead atoms. The number of benzene rings is 2. The van der Waals surface area contributed by atoms with Crippen molar-refractivity contribution in [2.24, 2.45) is 0 Å². The lowest BCUT2D eigenvalue weighted by atomic mass is 10.3. The first-order valence-corrected chi connectivity index (χ1v) is 9.95. The van der Waals surface area contributed by atoms with E-state index in [9.17, 15) is 10.1 Å². The third-order valence-corrected chi connectivity index (χ3v) is 4.62. The number of halogens is 2. The molecular formula is C20H19Cl2N5O3. The Hall–Kier alpha value is -3.10. The SMILES string of the molecule is CCCCOc1ccc(Nc2ncnc(Nc3ccc(Cl)cc3Cl)c2[N+](=O)[O-])cc1. The molecule has 1 heterocycles. The van der Waals surface area contributed by atoms with Gasteiger partial charge in [-0.2, -0.15) is 0 Å². The Morgan fingerprint density at radius 2 is 1.77 bits per heavy atom. The van der Waals surface area contributed by atoms with Crippen molar-refractivity contribution in [3.05, 3.63) is 69.0 Å². The molecule has 0 saturated carbocycles. The number of hydrogen-bond donors (Lipinski definition) is 2. The molecule has 3 aromatic rings. The van der Waals surface area contributed by atoms with Crippen LogP contribution in [0, 0.1) is 10.1 Å². The number of hydrogen-bond acceptors (Lipinski definition) is 7. The topological polar surface area (TPSA) is 102 Å². The first-order chi connectivity index (χ1) is 14.5. The van der Waals surface area contributed by atoms with E-state index in [0.29, 0.717) is 28.0 Å². The third-order valence-electron chi connectivity index (χ3n) is 4.07. The molecule has 0 spiro atoms. The molecule has 0 saturated heterocycles. The van der Waals surface area contributed by atoms with Crippen molar-refractivity contribution in [2.75, 3.05) is 17.2 Å². The van der Waals surface area contributed by atoms with Crippen molar-refractivity contribution in [2.45, 2.75) is 19.8 Å². The smallest absolute Gasteiger partial charge is 0.353 e.